The fourth-order valence-corrected chi connectivity index (χ4v) is 4.70. The Bertz CT molecular complexity index is 285. The van der Waals surface area contributed by atoms with Crippen molar-refractivity contribution >= 4 is 63.7 Å². The third kappa shape index (κ3) is 1.91. The van der Waals surface area contributed by atoms with Crippen LogP contribution in [0.1, 0.15) is 13.8 Å². The molecule has 1 rings (SSSR count). The summed E-state index contributed by atoms with van der Waals surface area (Å²) in [5.41, 5.74) is -2.20. The Labute approximate surface area is 117 Å². The summed E-state index contributed by atoms with van der Waals surface area (Å²) in [7, 11) is 0. The molecule has 0 amide bonds. The number of aliphatic hydroxyl groups is 2. The van der Waals surface area contributed by atoms with Gasteiger partial charge in [-0.3, -0.25) is 0 Å². The lowest BCUT2D eigenvalue weighted by Gasteiger charge is -2.46. The maximum absolute atomic E-state index is 10.2. The molecule has 2 N–H and O–H groups in total. The van der Waals surface area contributed by atoms with E-state index in [0.29, 0.717) is 4.48 Å². The Balaban J connectivity index is 3.31. The van der Waals surface area contributed by atoms with Crippen LogP contribution in [0.5, 0.6) is 0 Å². The van der Waals surface area contributed by atoms with Crippen molar-refractivity contribution < 1.29 is 10.2 Å². The van der Waals surface area contributed by atoms with Gasteiger partial charge < -0.3 is 10.2 Å². The minimum absolute atomic E-state index is 0.256. The molecule has 0 saturated carbocycles. The molecule has 0 aromatic rings. The molecule has 0 aromatic carbocycles. The molecule has 4 unspecified atom stereocenters. The van der Waals surface area contributed by atoms with Crippen molar-refractivity contribution in [2.24, 2.45) is 0 Å². The highest BCUT2D eigenvalue weighted by atomic mass is 79.9. The lowest BCUT2D eigenvalue weighted by Crippen LogP contribution is -2.58. The zero-order chi connectivity index (χ0) is 11.3. The van der Waals surface area contributed by atoms with E-state index < -0.39 is 16.0 Å². The minimum Gasteiger partial charge on any atom is -0.387 e. The van der Waals surface area contributed by atoms with Gasteiger partial charge in [0.1, 0.15) is 5.60 Å². The summed E-state index contributed by atoms with van der Waals surface area (Å²) in [5.74, 6) is 0. The average molecular weight is 458 g/mol. The SMILES string of the molecule is CC1(O)C(Br)=C(Br)C(Br)C(C)(O)C1Br. The Morgan fingerprint density at radius 2 is 1.57 bits per heavy atom. The van der Waals surface area contributed by atoms with Crippen molar-refractivity contribution in [1.82, 2.24) is 0 Å². The van der Waals surface area contributed by atoms with E-state index in [0.717, 1.165) is 4.48 Å². The Morgan fingerprint density at radius 1 is 1.14 bits per heavy atom. The summed E-state index contributed by atoms with van der Waals surface area (Å²) in [4.78, 5) is -0.712. The highest BCUT2D eigenvalue weighted by molar-refractivity contribution is 9.15. The minimum atomic E-state index is -1.13. The van der Waals surface area contributed by atoms with Gasteiger partial charge in [-0.1, -0.05) is 63.7 Å². The first-order valence-electron chi connectivity index (χ1n) is 3.92. The van der Waals surface area contributed by atoms with Crippen LogP contribution in [-0.2, 0) is 0 Å². The van der Waals surface area contributed by atoms with Gasteiger partial charge in [0, 0.05) is 8.96 Å². The quantitative estimate of drug-likeness (QED) is 0.549. The van der Waals surface area contributed by atoms with E-state index >= 15 is 0 Å². The topological polar surface area (TPSA) is 40.5 Å². The molecule has 0 saturated heterocycles. The third-order valence-corrected chi connectivity index (χ3v) is 8.83. The van der Waals surface area contributed by atoms with E-state index in [2.05, 4.69) is 63.7 Å². The van der Waals surface area contributed by atoms with Gasteiger partial charge in [-0.25, -0.2) is 0 Å². The smallest absolute Gasteiger partial charge is 0.109 e. The zero-order valence-corrected chi connectivity index (χ0v) is 13.9. The van der Waals surface area contributed by atoms with Crippen molar-refractivity contribution in [3.05, 3.63) is 8.96 Å². The number of alkyl halides is 2. The predicted molar refractivity (Wildman–Crippen MR) is 71.6 cm³/mol. The average Bonchev–Trinajstić information content (AvgIpc) is 2.11. The number of hydrogen-bond acceptors (Lipinski definition) is 2. The van der Waals surface area contributed by atoms with Crippen LogP contribution < -0.4 is 0 Å². The fraction of sp³-hybridized carbons (Fsp3) is 0.750. The Kier molecular flexibility index (Phi) is 4.00. The van der Waals surface area contributed by atoms with E-state index in [-0.39, 0.29) is 4.83 Å². The van der Waals surface area contributed by atoms with Crippen molar-refractivity contribution in [3.63, 3.8) is 0 Å². The molecule has 4 atom stereocenters. The second-order valence-electron chi connectivity index (χ2n) is 3.76. The van der Waals surface area contributed by atoms with Gasteiger partial charge in [0.05, 0.1) is 15.3 Å². The van der Waals surface area contributed by atoms with Crippen LogP contribution in [0.3, 0.4) is 0 Å². The van der Waals surface area contributed by atoms with E-state index in [4.69, 9.17) is 0 Å². The van der Waals surface area contributed by atoms with Crippen molar-refractivity contribution in [2.45, 2.75) is 34.7 Å². The standard InChI is InChI=1S/C8H10Br4O2/c1-7(13)4(10)3(9)5(11)8(2,14)6(7)12/h4,6,13-14H,1-2H3. The summed E-state index contributed by atoms with van der Waals surface area (Å²) in [6.07, 6.45) is 0. The third-order valence-electron chi connectivity index (χ3n) is 2.40. The largest absolute Gasteiger partial charge is 0.387 e. The number of rotatable bonds is 0. The molecule has 0 spiro atoms. The lowest BCUT2D eigenvalue weighted by molar-refractivity contribution is -0.0141. The van der Waals surface area contributed by atoms with Crippen LogP contribution in [0.4, 0.5) is 0 Å². The molecule has 14 heavy (non-hydrogen) atoms. The van der Waals surface area contributed by atoms with Crippen molar-refractivity contribution in [3.8, 4) is 0 Å². The maximum Gasteiger partial charge on any atom is 0.109 e. The molecule has 0 fully saturated rings. The first-order chi connectivity index (χ1) is 6.13. The summed E-state index contributed by atoms with van der Waals surface area (Å²) >= 11 is 13.4. The molecule has 0 bridgehead atoms. The van der Waals surface area contributed by atoms with Gasteiger partial charge in [0.2, 0.25) is 0 Å². The van der Waals surface area contributed by atoms with E-state index in [1.807, 2.05) is 0 Å². The van der Waals surface area contributed by atoms with Crippen LogP contribution in [0, 0.1) is 0 Å². The maximum atomic E-state index is 10.2. The summed E-state index contributed by atoms with van der Waals surface area (Å²) in [5, 5.41) is 20.4. The molecule has 6 heteroatoms. The van der Waals surface area contributed by atoms with Gasteiger partial charge in [0.15, 0.2) is 0 Å². The summed E-state index contributed by atoms with van der Waals surface area (Å²) < 4.78 is 1.36. The van der Waals surface area contributed by atoms with Crippen LogP contribution in [0.2, 0.25) is 0 Å². The summed E-state index contributed by atoms with van der Waals surface area (Å²) in [6, 6.07) is 0. The first-order valence-corrected chi connectivity index (χ1v) is 7.33. The van der Waals surface area contributed by atoms with Gasteiger partial charge in [-0.2, -0.15) is 0 Å². The Hall–Kier alpha value is 1.58. The zero-order valence-electron chi connectivity index (χ0n) is 7.56. The molecule has 82 valence electrons. The van der Waals surface area contributed by atoms with E-state index in [1.54, 1.807) is 13.8 Å². The molecule has 0 aromatic heterocycles. The van der Waals surface area contributed by atoms with Crippen LogP contribution in [-0.4, -0.2) is 31.1 Å². The molecular weight excluding hydrogens is 448 g/mol. The Morgan fingerprint density at radius 3 is 2.00 bits per heavy atom. The molecule has 0 aliphatic heterocycles. The van der Waals surface area contributed by atoms with Gasteiger partial charge in [-0.05, 0) is 13.8 Å². The molecule has 2 nitrogen and oxygen atoms in total. The van der Waals surface area contributed by atoms with Crippen LogP contribution in [0.15, 0.2) is 8.96 Å². The van der Waals surface area contributed by atoms with Crippen molar-refractivity contribution in [1.29, 1.82) is 0 Å². The second-order valence-corrected chi connectivity index (χ2v) is 7.24. The van der Waals surface area contributed by atoms with E-state index in [9.17, 15) is 10.2 Å². The van der Waals surface area contributed by atoms with Gasteiger partial charge >= 0.3 is 0 Å². The van der Waals surface area contributed by atoms with Crippen LogP contribution >= 0.6 is 63.7 Å². The van der Waals surface area contributed by atoms with Gasteiger partial charge in [0.25, 0.3) is 0 Å². The second kappa shape index (κ2) is 4.11. The number of halogens is 4. The highest BCUT2D eigenvalue weighted by Gasteiger charge is 2.53. The van der Waals surface area contributed by atoms with E-state index in [1.165, 1.54) is 0 Å². The molecule has 1 aliphatic carbocycles. The highest BCUT2D eigenvalue weighted by Crippen LogP contribution is 2.50. The first kappa shape index (κ1) is 13.6. The van der Waals surface area contributed by atoms with Gasteiger partial charge in [-0.15, -0.1) is 0 Å². The fourth-order valence-electron chi connectivity index (χ4n) is 1.42. The molecule has 0 heterocycles. The molecule has 0 radical (unpaired) electrons. The lowest BCUT2D eigenvalue weighted by atomic mass is 9.82. The predicted octanol–water partition coefficient (Wildman–Crippen LogP) is 3.03. The summed E-state index contributed by atoms with van der Waals surface area (Å²) in [6.45, 7) is 3.31. The normalized spacial score (nSPS) is 49.7. The van der Waals surface area contributed by atoms with Crippen LogP contribution in [0.25, 0.3) is 0 Å². The number of hydrogen-bond donors (Lipinski definition) is 2. The molecule has 1 aliphatic rings. The monoisotopic (exact) mass is 454 g/mol. The van der Waals surface area contributed by atoms with Crippen molar-refractivity contribution in [2.75, 3.05) is 0 Å². The molecular formula is C8H10Br4O2.